The zero-order chi connectivity index (χ0) is 8.55. The molecule has 0 saturated heterocycles. The van der Waals surface area contributed by atoms with Crippen molar-refractivity contribution in [3.63, 3.8) is 0 Å². The summed E-state index contributed by atoms with van der Waals surface area (Å²) in [6, 6.07) is 5.49. The summed E-state index contributed by atoms with van der Waals surface area (Å²) in [6.07, 6.45) is 3.37. The van der Waals surface area contributed by atoms with Gasteiger partial charge in [-0.25, -0.2) is 4.98 Å². The van der Waals surface area contributed by atoms with Gasteiger partial charge in [0.15, 0.2) is 5.69 Å². The summed E-state index contributed by atoms with van der Waals surface area (Å²) in [7, 11) is 0. The van der Waals surface area contributed by atoms with Gasteiger partial charge in [0.05, 0.1) is 0 Å². The molecule has 2 aromatic rings. The summed E-state index contributed by atoms with van der Waals surface area (Å²) >= 11 is 0. The number of nitriles is 1. The van der Waals surface area contributed by atoms with Crippen LogP contribution in [0, 0.1) is 11.3 Å². The van der Waals surface area contributed by atoms with Crippen molar-refractivity contribution in [1.82, 2.24) is 9.38 Å². The number of fused-ring (bicyclic) bond motifs is 1. The van der Waals surface area contributed by atoms with Crippen LogP contribution in [0.15, 0.2) is 24.5 Å². The summed E-state index contributed by atoms with van der Waals surface area (Å²) in [5, 5.41) is 8.55. The van der Waals surface area contributed by atoms with Crippen molar-refractivity contribution in [3.05, 3.63) is 30.2 Å². The first-order valence-corrected chi connectivity index (χ1v) is 3.44. The van der Waals surface area contributed by atoms with Crippen LogP contribution in [0.3, 0.4) is 0 Å². The lowest BCUT2D eigenvalue weighted by Gasteiger charge is -1.93. The number of hydrogen-bond acceptors (Lipinski definition) is 3. The topological polar surface area (TPSA) is 67.1 Å². The van der Waals surface area contributed by atoms with Crippen LogP contribution in [0.25, 0.3) is 5.65 Å². The van der Waals surface area contributed by atoms with Crippen LogP contribution in [0.1, 0.15) is 5.69 Å². The monoisotopic (exact) mass is 194 g/mol. The van der Waals surface area contributed by atoms with E-state index >= 15 is 0 Å². The molecular weight excluding hydrogens is 188 g/mol. The predicted molar refractivity (Wildman–Crippen MR) is 51.6 cm³/mol. The van der Waals surface area contributed by atoms with Crippen molar-refractivity contribution < 1.29 is 0 Å². The van der Waals surface area contributed by atoms with Crippen LogP contribution in [0.4, 0.5) is 5.69 Å². The molecule has 13 heavy (non-hydrogen) atoms. The summed E-state index contributed by atoms with van der Waals surface area (Å²) in [6.45, 7) is 0. The second-order valence-corrected chi connectivity index (χ2v) is 2.47. The van der Waals surface area contributed by atoms with Crippen LogP contribution in [0.5, 0.6) is 0 Å². The second-order valence-electron chi connectivity index (χ2n) is 2.47. The molecule has 0 bridgehead atoms. The van der Waals surface area contributed by atoms with Gasteiger partial charge >= 0.3 is 0 Å². The van der Waals surface area contributed by atoms with Gasteiger partial charge in [-0.1, -0.05) is 0 Å². The molecule has 0 aliphatic rings. The number of hydrogen-bond donors (Lipinski definition) is 1. The van der Waals surface area contributed by atoms with E-state index in [9.17, 15) is 0 Å². The minimum Gasteiger partial charge on any atom is -0.398 e. The maximum absolute atomic E-state index is 8.55. The Balaban J connectivity index is 0.000000845. The number of imidazole rings is 1. The molecule has 0 spiro atoms. The summed E-state index contributed by atoms with van der Waals surface area (Å²) < 4.78 is 1.73. The largest absolute Gasteiger partial charge is 0.398 e. The molecule has 0 amide bonds. The maximum Gasteiger partial charge on any atom is 0.159 e. The third kappa shape index (κ3) is 1.55. The van der Waals surface area contributed by atoms with E-state index in [1.807, 2.05) is 6.07 Å². The minimum atomic E-state index is 0. The third-order valence-electron chi connectivity index (χ3n) is 1.59. The van der Waals surface area contributed by atoms with Gasteiger partial charge in [-0.15, -0.1) is 12.4 Å². The second kappa shape index (κ2) is 3.33. The van der Waals surface area contributed by atoms with E-state index in [4.69, 9.17) is 11.0 Å². The minimum absolute atomic E-state index is 0. The van der Waals surface area contributed by atoms with Crippen molar-refractivity contribution in [2.75, 3.05) is 5.73 Å². The lowest BCUT2D eigenvalue weighted by atomic mass is 10.4. The third-order valence-corrected chi connectivity index (χ3v) is 1.59. The quantitative estimate of drug-likeness (QED) is 0.686. The molecule has 2 rings (SSSR count). The number of rotatable bonds is 0. The number of nitrogens with two attached hydrogens (primary N) is 1. The zero-order valence-corrected chi connectivity index (χ0v) is 7.45. The highest BCUT2D eigenvalue weighted by molar-refractivity contribution is 5.85. The van der Waals surface area contributed by atoms with Crippen LogP contribution in [-0.4, -0.2) is 9.38 Å². The molecule has 0 aromatic carbocycles. The normalized spacial score (nSPS) is 9.15. The van der Waals surface area contributed by atoms with E-state index in [1.54, 1.807) is 28.9 Å². The standard InChI is InChI=1S/C8H6N4.ClH/c9-3-7-5-12-4-6(10)1-2-8(12)11-7;/h1-2,4-5H,10H2;1H. The molecule has 4 nitrogen and oxygen atoms in total. The first-order chi connectivity index (χ1) is 5.79. The lowest BCUT2D eigenvalue weighted by Crippen LogP contribution is -1.88. The first-order valence-electron chi connectivity index (χ1n) is 3.44. The van der Waals surface area contributed by atoms with Gasteiger partial charge in [0, 0.05) is 18.1 Å². The Morgan fingerprint density at radius 3 is 2.85 bits per heavy atom. The Kier molecular flexibility index (Phi) is 2.40. The fourth-order valence-corrected chi connectivity index (χ4v) is 1.06. The predicted octanol–water partition coefficient (Wildman–Crippen LogP) is 1.21. The van der Waals surface area contributed by atoms with E-state index in [0.29, 0.717) is 11.4 Å². The van der Waals surface area contributed by atoms with Gasteiger partial charge in [-0.05, 0) is 12.1 Å². The summed E-state index contributed by atoms with van der Waals surface area (Å²) in [5.74, 6) is 0. The Hall–Kier alpha value is -1.73. The first kappa shape index (κ1) is 9.36. The zero-order valence-electron chi connectivity index (χ0n) is 6.64. The van der Waals surface area contributed by atoms with Crippen molar-refractivity contribution in [2.45, 2.75) is 0 Å². The van der Waals surface area contributed by atoms with E-state index in [0.717, 1.165) is 5.65 Å². The van der Waals surface area contributed by atoms with Crippen LogP contribution < -0.4 is 5.73 Å². The van der Waals surface area contributed by atoms with Gasteiger partial charge in [0.1, 0.15) is 11.7 Å². The molecule has 5 heteroatoms. The molecule has 0 atom stereocenters. The Bertz CT molecular complexity index is 468. The molecular formula is C8H7ClN4. The molecule has 0 fully saturated rings. The van der Waals surface area contributed by atoms with Gasteiger partial charge in [0.2, 0.25) is 0 Å². The van der Waals surface area contributed by atoms with Gasteiger partial charge in [0.25, 0.3) is 0 Å². The highest BCUT2D eigenvalue weighted by atomic mass is 35.5. The fraction of sp³-hybridized carbons (Fsp3) is 0. The number of pyridine rings is 1. The molecule has 0 saturated carbocycles. The van der Waals surface area contributed by atoms with Gasteiger partial charge in [-0.3, -0.25) is 0 Å². The molecule has 66 valence electrons. The van der Waals surface area contributed by atoms with Gasteiger partial charge < -0.3 is 10.1 Å². The number of nitrogen functional groups attached to an aromatic ring is 1. The summed E-state index contributed by atoms with van der Waals surface area (Å²) in [5.41, 5.74) is 7.34. The molecule has 0 aliphatic heterocycles. The lowest BCUT2D eigenvalue weighted by molar-refractivity contribution is 1.19. The highest BCUT2D eigenvalue weighted by Crippen LogP contribution is 2.07. The van der Waals surface area contributed by atoms with Crippen molar-refractivity contribution >= 4 is 23.7 Å². The number of aromatic nitrogens is 2. The summed E-state index contributed by atoms with van der Waals surface area (Å²) in [4.78, 5) is 4.02. The van der Waals surface area contributed by atoms with E-state index in [2.05, 4.69) is 4.98 Å². The number of nitrogens with zero attached hydrogens (tertiary/aromatic N) is 3. The molecule has 0 aliphatic carbocycles. The molecule has 2 aromatic heterocycles. The van der Waals surface area contributed by atoms with Gasteiger partial charge in [-0.2, -0.15) is 5.26 Å². The smallest absolute Gasteiger partial charge is 0.159 e. The Morgan fingerprint density at radius 1 is 1.38 bits per heavy atom. The Morgan fingerprint density at radius 2 is 2.15 bits per heavy atom. The van der Waals surface area contributed by atoms with Crippen LogP contribution in [-0.2, 0) is 0 Å². The van der Waals surface area contributed by atoms with Crippen LogP contribution >= 0.6 is 12.4 Å². The Labute approximate surface area is 81.0 Å². The molecule has 2 N–H and O–H groups in total. The highest BCUT2D eigenvalue weighted by Gasteiger charge is 1.98. The van der Waals surface area contributed by atoms with Crippen LogP contribution in [0.2, 0.25) is 0 Å². The van der Waals surface area contributed by atoms with E-state index in [1.165, 1.54) is 0 Å². The number of anilines is 1. The van der Waals surface area contributed by atoms with Crippen molar-refractivity contribution in [3.8, 4) is 6.07 Å². The number of halogens is 1. The molecule has 2 heterocycles. The molecule has 0 unspecified atom stereocenters. The molecule has 0 radical (unpaired) electrons. The van der Waals surface area contributed by atoms with E-state index < -0.39 is 0 Å². The van der Waals surface area contributed by atoms with Crippen molar-refractivity contribution in [2.24, 2.45) is 0 Å². The van der Waals surface area contributed by atoms with Crippen molar-refractivity contribution in [1.29, 1.82) is 5.26 Å². The maximum atomic E-state index is 8.55. The average molecular weight is 195 g/mol. The average Bonchev–Trinajstić information content (AvgIpc) is 2.46. The SMILES string of the molecule is Cl.N#Cc1cn2cc(N)ccc2n1. The fourth-order valence-electron chi connectivity index (χ4n) is 1.06. The van der Waals surface area contributed by atoms with E-state index in [-0.39, 0.29) is 12.4 Å².